The fraction of sp³-hybridized carbons (Fsp3) is 0.917. The molecule has 1 aliphatic carbocycles. The quantitative estimate of drug-likeness (QED) is 0.741. The van der Waals surface area contributed by atoms with Crippen molar-refractivity contribution < 1.29 is 4.79 Å². The molecule has 2 amide bonds. The van der Waals surface area contributed by atoms with Crippen molar-refractivity contribution >= 4 is 6.03 Å². The van der Waals surface area contributed by atoms with E-state index in [-0.39, 0.29) is 6.03 Å². The average Bonchev–Trinajstić information content (AvgIpc) is 2.19. The normalized spacial score (nSPS) is 26.4. The van der Waals surface area contributed by atoms with Gasteiger partial charge in [-0.3, -0.25) is 0 Å². The molecule has 3 nitrogen and oxygen atoms in total. The predicted molar refractivity (Wildman–Crippen MR) is 62.8 cm³/mol. The van der Waals surface area contributed by atoms with Crippen LogP contribution >= 0.6 is 0 Å². The lowest BCUT2D eigenvalue weighted by atomic mass is 9.87. The van der Waals surface area contributed by atoms with Gasteiger partial charge in [-0.15, -0.1) is 0 Å². The highest BCUT2D eigenvalue weighted by Gasteiger charge is 2.19. The van der Waals surface area contributed by atoms with E-state index in [9.17, 15) is 4.79 Å². The van der Waals surface area contributed by atoms with E-state index in [4.69, 9.17) is 0 Å². The minimum Gasteiger partial charge on any atom is -0.338 e. The zero-order valence-electron chi connectivity index (χ0n) is 10.2. The maximum atomic E-state index is 11.5. The summed E-state index contributed by atoms with van der Waals surface area (Å²) in [7, 11) is 0. The largest absolute Gasteiger partial charge is 0.338 e. The van der Waals surface area contributed by atoms with Crippen LogP contribution in [0, 0.1) is 11.8 Å². The van der Waals surface area contributed by atoms with Gasteiger partial charge in [0.25, 0.3) is 0 Å². The van der Waals surface area contributed by atoms with Crippen molar-refractivity contribution in [3.8, 4) is 0 Å². The molecule has 0 aromatic carbocycles. The Morgan fingerprint density at radius 1 is 1.27 bits per heavy atom. The fourth-order valence-electron chi connectivity index (χ4n) is 1.94. The number of amides is 2. The molecule has 0 heterocycles. The molecule has 1 rings (SSSR count). The molecule has 3 heteroatoms. The van der Waals surface area contributed by atoms with Gasteiger partial charge < -0.3 is 10.6 Å². The number of rotatable bonds is 3. The molecule has 0 atom stereocenters. The van der Waals surface area contributed by atoms with Gasteiger partial charge >= 0.3 is 6.03 Å². The smallest absolute Gasteiger partial charge is 0.315 e. The van der Waals surface area contributed by atoms with Crippen molar-refractivity contribution in [1.82, 2.24) is 10.6 Å². The fourth-order valence-corrected chi connectivity index (χ4v) is 1.94. The molecule has 2 N–H and O–H groups in total. The van der Waals surface area contributed by atoms with Gasteiger partial charge in [0.15, 0.2) is 0 Å². The summed E-state index contributed by atoms with van der Waals surface area (Å²) in [5.74, 6) is 1.35. The highest BCUT2D eigenvalue weighted by molar-refractivity contribution is 5.74. The van der Waals surface area contributed by atoms with E-state index in [0.717, 1.165) is 25.3 Å². The Balaban J connectivity index is 2.15. The van der Waals surface area contributed by atoms with Crippen LogP contribution < -0.4 is 10.6 Å². The van der Waals surface area contributed by atoms with Crippen molar-refractivity contribution in [1.29, 1.82) is 0 Å². The van der Waals surface area contributed by atoms with Crippen LogP contribution in [-0.4, -0.2) is 18.6 Å². The van der Waals surface area contributed by atoms with Crippen LogP contribution in [0.1, 0.15) is 46.5 Å². The van der Waals surface area contributed by atoms with Gasteiger partial charge in [-0.05, 0) is 37.5 Å². The monoisotopic (exact) mass is 212 g/mol. The van der Waals surface area contributed by atoms with Gasteiger partial charge in [0.1, 0.15) is 0 Å². The SMILES string of the molecule is CC(C)CNC(=O)NC1CCC(C)CC1. The number of hydrogen-bond acceptors (Lipinski definition) is 1. The van der Waals surface area contributed by atoms with Crippen molar-refractivity contribution in [2.24, 2.45) is 11.8 Å². The molecule has 1 aliphatic rings. The van der Waals surface area contributed by atoms with Gasteiger partial charge in [-0.1, -0.05) is 20.8 Å². The molecule has 0 radical (unpaired) electrons. The van der Waals surface area contributed by atoms with Gasteiger partial charge in [0, 0.05) is 12.6 Å². The topological polar surface area (TPSA) is 41.1 Å². The van der Waals surface area contributed by atoms with E-state index in [1.54, 1.807) is 0 Å². The summed E-state index contributed by atoms with van der Waals surface area (Å²) in [6.45, 7) is 7.25. The van der Waals surface area contributed by atoms with Crippen molar-refractivity contribution in [3.63, 3.8) is 0 Å². The Hall–Kier alpha value is -0.730. The first-order valence-electron chi connectivity index (χ1n) is 6.12. The highest BCUT2D eigenvalue weighted by atomic mass is 16.2. The molecule has 0 spiro atoms. The van der Waals surface area contributed by atoms with Crippen LogP contribution in [0.3, 0.4) is 0 Å². The molecule has 0 aromatic heterocycles. The van der Waals surface area contributed by atoms with Gasteiger partial charge in [0.05, 0.1) is 0 Å². The average molecular weight is 212 g/mol. The molecular weight excluding hydrogens is 188 g/mol. The summed E-state index contributed by atoms with van der Waals surface area (Å²) < 4.78 is 0. The summed E-state index contributed by atoms with van der Waals surface area (Å²) in [6, 6.07) is 0.400. The Morgan fingerprint density at radius 3 is 2.40 bits per heavy atom. The maximum absolute atomic E-state index is 11.5. The third kappa shape index (κ3) is 5.05. The second-order valence-corrected chi connectivity index (χ2v) is 5.21. The molecule has 0 saturated heterocycles. The van der Waals surface area contributed by atoms with Crippen molar-refractivity contribution in [2.45, 2.75) is 52.5 Å². The maximum Gasteiger partial charge on any atom is 0.315 e. The standard InChI is InChI=1S/C12H24N2O/c1-9(2)8-13-12(15)14-11-6-4-10(3)5-7-11/h9-11H,4-8H2,1-3H3,(H2,13,14,15). The van der Waals surface area contributed by atoms with E-state index < -0.39 is 0 Å². The second-order valence-electron chi connectivity index (χ2n) is 5.21. The molecule has 0 aliphatic heterocycles. The minimum atomic E-state index is 0.00301. The minimum absolute atomic E-state index is 0.00301. The van der Waals surface area contributed by atoms with Crippen molar-refractivity contribution in [2.75, 3.05) is 6.54 Å². The lowest BCUT2D eigenvalue weighted by Gasteiger charge is -2.27. The second kappa shape index (κ2) is 5.99. The summed E-state index contributed by atoms with van der Waals surface area (Å²) in [4.78, 5) is 11.5. The zero-order valence-corrected chi connectivity index (χ0v) is 10.2. The number of urea groups is 1. The van der Waals surface area contributed by atoms with Crippen molar-refractivity contribution in [3.05, 3.63) is 0 Å². The van der Waals surface area contributed by atoms with Crippen LogP contribution in [0.4, 0.5) is 4.79 Å². The molecule has 1 fully saturated rings. The first-order chi connectivity index (χ1) is 7.08. The van der Waals surface area contributed by atoms with Crippen LogP contribution in [0.25, 0.3) is 0 Å². The Kier molecular flexibility index (Phi) is 4.92. The van der Waals surface area contributed by atoms with E-state index in [1.165, 1.54) is 12.8 Å². The Morgan fingerprint density at radius 2 is 1.87 bits per heavy atom. The number of carbonyl (C=O) groups excluding carboxylic acids is 1. The van der Waals surface area contributed by atoms with E-state index in [0.29, 0.717) is 12.0 Å². The molecule has 0 bridgehead atoms. The summed E-state index contributed by atoms with van der Waals surface area (Å²) in [6.07, 6.45) is 4.76. The third-order valence-corrected chi connectivity index (χ3v) is 3.02. The number of hydrogen-bond donors (Lipinski definition) is 2. The summed E-state index contributed by atoms with van der Waals surface area (Å²) in [5.41, 5.74) is 0. The number of nitrogens with one attached hydrogen (secondary N) is 2. The number of carbonyl (C=O) groups is 1. The van der Waals surface area contributed by atoms with Crippen LogP contribution in [0.2, 0.25) is 0 Å². The molecule has 88 valence electrons. The Bertz CT molecular complexity index is 196. The zero-order chi connectivity index (χ0) is 11.3. The molecular formula is C12H24N2O. The molecule has 0 aromatic rings. The molecule has 0 unspecified atom stereocenters. The summed E-state index contributed by atoms with van der Waals surface area (Å²) >= 11 is 0. The predicted octanol–water partition coefficient (Wildman–Crippen LogP) is 2.52. The van der Waals surface area contributed by atoms with E-state index >= 15 is 0 Å². The Labute approximate surface area is 93.0 Å². The first kappa shape index (κ1) is 12.3. The van der Waals surface area contributed by atoms with Crippen LogP contribution in [-0.2, 0) is 0 Å². The van der Waals surface area contributed by atoms with Crippen LogP contribution in [0.15, 0.2) is 0 Å². The molecule has 15 heavy (non-hydrogen) atoms. The highest BCUT2D eigenvalue weighted by Crippen LogP contribution is 2.23. The van der Waals surface area contributed by atoms with Crippen LogP contribution in [0.5, 0.6) is 0 Å². The third-order valence-electron chi connectivity index (χ3n) is 3.02. The van der Waals surface area contributed by atoms with Gasteiger partial charge in [-0.25, -0.2) is 4.79 Å². The first-order valence-corrected chi connectivity index (χ1v) is 6.12. The van der Waals surface area contributed by atoms with E-state index in [2.05, 4.69) is 31.4 Å². The lowest BCUT2D eigenvalue weighted by molar-refractivity contribution is 0.227. The van der Waals surface area contributed by atoms with Gasteiger partial charge in [-0.2, -0.15) is 0 Å². The van der Waals surface area contributed by atoms with Gasteiger partial charge in [0.2, 0.25) is 0 Å². The lowest BCUT2D eigenvalue weighted by Crippen LogP contribution is -2.44. The van der Waals surface area contributed by atoms with E-state index in [1.807, 2.05) is 0 Å². The molecule has 1 saturated carbocycles. The summed E-state index contributed by atoms with van der Waals surface area (Å²) in [5, 5.41) is 5.94.